The molecule has 98 valence electrons. The Morgan fingerprint density at radius 1 is 0.706 bits per heavy atom. The molecule has 0 heterocycles. The van der Waals surface area contributed by atoms with E-state index in [-0.39, 0.29) is 0 Å². The van der Waals surface area contributed by atoms with Crippen molar-refractivity contribution in [3.63, 3.8) is 0 Å². The SMILES string of the molecule is C=CCCCCCC=CCC=CCCCCC. The van der Waals surface area contributed by atoms with E-state index in [9.17, 15) is 0 Å². The maximum atomic E-state index is 3.73. The average molecular weight is 234 g/mol. The monoisotopic (exact) mass is 234 g/mol. The maximum absolute atomic E-state index is 3.73. The van der Waals surface area contributed by atoms with E-state index in [0.29, 0.717) is 0 Å². The molecule has 0 aliphatic heterocycles. The molecule has 0 aromatic rings. The Bertz CT molecular complexity index is 198. The third-order valence-corrected chi connectivity index (χ3v) is 2.86. The van der Waals surface area contributed by atoms with E-state index in [1.807, 2.05) is 6.08 Å². The van der Waals surface area contributed by atoms with Crippen molar-refractivity contribution in [1.82, 2.24) is 0 Å². The quantitative estimate of drug-likeness (QED) is 0.278. The summed E-state index contributed by atoms with van der Waals surface area (Å²) in [6.45, 7) is 5.98. The summed E-state index contributed by atoms with van der Waals surface area (Å²) in [7, 11) is 0. The first-order valence-corrected chi connectivity index (χ1v) is 7.32. The van der Waals surface area contributed by atoms with Crippen LogP contribution in [0.3, 0.4) is 0 Å². The lowest BCUT2D eigenvalue weighted by atomic mass is 10.1. The molecule has 0 nitrogen and oxygen atoms in total. The molecule has 0 aliphatic carbocycles. The van der Waals surface area contributed by atoms with E-state index in [4.69, 9.17) is 0 Å². The molecule has 0 N–H and O–H groups in total. The minimum Gasteiger partial charge on any atom is -0.103 e. The van der Waals surface area contributed by atoms with Crippen molar-refractivity contribution >= 4 is 0 Å². The lowest BCUT2D eigenvalue weighted by Crippen LogP contribution is -1.74. The highest BCUT2D eigenvalue weighted by molar-refractivity contribution is 4.92. The summed E-state index contributed by atoms with van der Waals surface area (Å²) in [5.41, 5.74) is 0. The average Bonchev–Trinajstić information content (AvgIpc) is 2.35. The molecule has 0 aliphatic rings. The van der Waals surface area contributed by atoms with Crippen molar-refractivity contribution in [1.29, 1.82) is 0 Å². The zero-order valence-electron chi connectivity index (χ0n) is 11.7. The number of rotatable bonds is 12. The van der Waals surface area contributed by atoms with Gasteiger partial charge in [0, 0.05) is 0 Å². The molecule has 0 saturated carbocycles. The van der Waals surface area contributed by atoms with Crippen molar-refractivity contribution in [2.24, 2.45) is 0 Å². The molecule has 0 spiro atoms. The molecule has 0 saturated heterocycles. The summed E-state index contributed by atoms with van der Waals surface area (Å²) in [6.07, 6.45) is 24.0. The summed E-state index contributed by atoms with van der Waals surface area (Å²) < 4.78 is 0. The molecule has 0 heteroatoms. The molecule has 0 atom stereocenters. The second-order valence-corrected chi connectivity index (χ2v) is 4.60. The van der Waals surface area contributed by atoms with Gasteiger partial charge < -0.3 is 0 Å². The number of hydrogen-bond donors (Lipinski definition) is 0. The highest BCUT2D eigenvalue weighted by Gasteiger charge is 1.84. The molecule has 0 unspecified atom stereocenters. The Morgan fingerprint density at radius 2 is 1.29 bits per heavy atom. The minimum atomic E-state index is 1.11. The highest BCUT2D eigenvalue weighted by Crippen LogP contribution is 2.04. The fourth-order valence-electron chi connectivity index (χ4n) is 1.75. The van der Waals surface area contributed by atoms with Crippen molar-refractivity contribution in [3.05, 3.63) is 37.0 Å². The van der Waals surface area contributed by atoms with Gasteiger partial charge in [0.05, 0.1) is 0 Å². The number of unbranched alkanes of at least 4 members (excludes halogenated alkanes) is 7. The normalized spacial score (nSPS) is 11.6. The van der Waals surface area contributed by atoms with Crippen molar-refractivity contribution in [3.8, 4) is 0 Å². The maximum Gasteiger partial charge on any atom is -0.0169 e. The van der Waals surface area contributed by atoms with Crippen LogP contribution in [0.2, 0.25) is 0 Å². The molecule has 0 amide bonds. The topological polar surface area (TPSA) is 0 Å². The van der Waals surface area contributed by atoms with Crippen molar-refractivity contribution in [2.75, 3.05) is 0 Å². The van der Waals surface area contributed by atoms with Gasteiger partial charge in [-0.1, -0.05) is 56.6 Å². The summed E-state index contributed by atoms with van der Waals surface area (Å²) in [4.78, 5) is 0. The Kier molecular flexibility index (Phi) is 14.5. The van der Waals surface area contributed by atoms with Gasteiger partial charge in [-0.15, -0.1) is 6.58 Å². The van der Waals surface area contributed by atoms with Crippen LogP contribution in [-0.2, 0) is 0 Å². The van der Waals surface area contributed by atoms with E-state index in [2.05, 4.69) is 37.8 Å². The molecule has 0 radical (unpaired) electrons. The first kappa shape index (κ1) is 16.2. The van der Waals surface area contributed by atoms with Crippen LogP contribution in [-0.4, -0.2) is 0 Å². The van der Waals surface area contributed by atoms with Gasteiger partial charge in [0.15, 0.2) is 0 Å². The largest absolute Gasteiger partial charge is 0.103 e. The smallest absolute Gasteiger partial charge is 0.0169 e. The fraction of sp³-hybridized carbons (Fsp3) is 0.647. The highest BCUT2D eigenvalue weighted by atomic mass is 13.9. The minimum absolute atomic E-state index is 1.11. The summed E-state index contributed by atoms with van der Waals surface area (Å²) >= 11 is 0. The summed E-state index contributed by atoms with van der Waals surface area (Å²) in [6, 6.07) is 0. The van der Waals surface area contributed by atoms with Crippen LogP contribution in [0.1, 0.15) is 71.1 Å². The van der Waals surface area contributed by atoms with Crippen LogP contribution in [0.4, 0.5) is 0 Å². The van der Waals surface area contributed by atoms with Crippen LogP contribution in [0.25, 0.3) is 0 Å². The molecule has 17 heavy (non-hydrogen) atoms. The molecular weight excluding hydrogens is 204 g/mol. The van der Waals surface area contributed by atoms with Crippen LogP contribution >= 0.6 is 0 Å². The molecule has 0 aromatic heterocycles. The van der Waals surface area contributed by atoms with Gasteiger partial charge >= 0.3 is 0 Å². The predicted molar refractivity (Wildman–Crippen MR) is 80.3 cm³/mol. The van der Waals surface area contributed by atoms with Crippen molar-refractivity contribution < 1.29 is 0 Å². The second kappa shape index (κ2) is 15.2. The van der Waals surface area contributed by atoms with E-state index >= 15 is 0 Å². The number of allylic oxidation sites excluding steroid dienone is 5. The first-order chi connectivity index (χ1) is 8.41. The van der Waals surface area contributed by atoms with E-state index in [1.165, 1.54) is 57.8 Å². The van der Waals surface area contributed by atoms with Gasteiger partial charge in [0.2, 0.25) is 0 Å². The van der Waals surface area contributed by atoms with Gasteiger partial charge in [0.25, 0.3) is 0 Å². The van der Waals surface area contributed by atoms with Crippen LogP contribution < -0.4 is 0 Å². The van der Waals surface area contributed by atoms with Crippen LogP contribution in [0.15, 0.2) is 37.0 Å². The van der Waals surface area contributed by atoms with Crippen LogP contribution in [0.5, 0.6) is 0 Å². The van der Waals surface area contributed by atoms with Gasteiger partial charge in [-0.3, -0.25) is 0 Å². The molecule has 0 rings (SSSR count). The zero-order valence-corrected chi connectivity index (χ0v) is 11.7. The second-order valence-electron chi connectivity index (χ2n) is 4.60. The third-order valence-electron chi connectivity index (χ3n) is 2.86. The van der Waals surface area contributed by atoms with Gasteiger partial charge in [-0.2, -0.15) is 0 Å². The van der Waals surface area contributed by atoms with Crippen molar-refractivity contribution in [2.45, 2.75) is 71.1 Å². The zero-order chi connectivity index (χ0) is 12.6. The Balaban J connectivity index is 3.16. The molecular formula is C17H30. The predicted octanol–water partition coefficient (Wildman–Crippen LogP) is 6.21. The van der Waals surface area contributed by atoms with Gasteiger partial charge in [-0.05, 0) is 44.9 Å². The standard InChI is InChI=1S/C17H30/c1-3-5-7-9-11-13-15-17-16-14-12-10-8-6-4-2/h3,12,14-15,17H,1,4-11,13,16H2,2H3. The Hall–Kier alpha value is -0.780. The lowest BCUT2D eigenvalue weighted by Gasteiger charge is -1.94. The Morgan fingerprint density at radius 3 is 1.88 bits per heavy atom. The number of hydrogen-bond acceptors (Lipinski definition) is 0. The van der Waals surface area contributed by atoms with E-state index < -0.39 is 0 Å². The Labute approximate surface area is 109 Å². The first-order valence-electron chi connectivity index (χ1n) is 7.32. The van der Waals surface area contributed by atoms with Crippen LogP contribution in [0, 0.1) is 0 Å². The van der Waals surface area contributed by atoms with Gasteiger partial charge in [0.1, 0.15) is 0 Å². The fourth-order valence-corrected chi connectivity index (χ4v) is 1.75. The molecule has 0 bridgehead atoms. The third kappa shape index (κ3) is 15.2. The molecule has 0 fully saturated rings. The molecule has 0 aromatic carbocycles. The summed E-state index contributed by atoms with van der Waals surface area (Å²) in [5.74, 6) is 0. The van der Waals surface area contributed by atoms with E-state index in [1.54, 1.807) is 0 Å². The summed E-state index contributed by atoms with van der Waals surface area (Å²) in [5, 5.41) is 0. The van der Waals surface area contributed by atoms with E-state index in [0.717, 1.165) is 6.42 Å². The lowest BCUT2D eigenvalue weighted by molar-refractivity contribution is 0.696. The van der Waals surface area contributed by atoms with Gasteiger partial charge in [-0.25, -0.2) is 0 Å².